The van der Waals surface area contributed by atoms with Crippen LogP contribution in [0.15, 0.2) is 29.2 Å². The molecular weight excluding hydrogens is 330 g/mol. The van der Waals surface area contributed by atoms with Gasteiger partial charge in [0.25, 0.3) is 5.91 Å². The number of sulfone groups is 1. The largest absolute Gasteiger partial charge is 0.351 e. The van der Waals surface area contributed by atoms with E-state index < -0.39 is 9.84 Å². The van der Waals surface area contributed by atoms with E-state index in [1.54, 1.807) is 12.1 Å². The Morgan fingerprint density at radius 1 is 1.42 bits per heavy atom. The highest BCUT2D eigenvalue weighted by atomic mass is 79.9. The fourth-order valence-corrected chi connectivity index (χ4v) is 2.88. The van der Waals surface area contributed by atoms with E-state index in [2.05, 4.69) is 28.2 Å². The van der Waals surface area contributed by atoms with E-state index in [0.717, 1.165) is 19.1 Å². The number of amides is 1. The molecule has 1 aromatic carbocycles. The number of alkyl halides is 1. The van der Waals surface area contributed by atoms with E-state index in [4.69, 9.17) is 0 Å². The lowest BCUT2D eigenvalue weighted by Gasteiger charge is -2.10. The van der Waals surface area contributed by atoms with Gasteiger partial charge in [-0.1, -0.05) is 35.3 Å². The number of hydrogen-bond donors (Lipinski definition) is 1. The molecule has 0 aliphatic rings. The summed E-state index contributed by atoms with van der Waals surface area (Å²) < 4.78 is 22.8. The van der Waals surface area contributed by atoms with Gasteiger partial charge in [0.05, 0.1) is 4.90 Å². The SMILES string of the molecule is CCCC(Br)CNC(=O)c1cccc(S(C)(=O)=O)c1. The normalized spacial score (nSPS) is 13.0. The van der Waals surface area contributed by atoms with Crippen molar-refractivity contribution >= 4 is 31.7 Å². The predicted octanol–water partition coefficient (Wildman–Crippen LogP) is 2.38. The van der Waals surface area contributed by atoms with Crippen LogP contribution in [0.1, 0.15) is 30.1 Å². The van der Waals surface area contributed by atoms with E-state index >= 15 is 0 Å². The van der Waals surface area contributed by atoms with Gasteiger partial charge < -0.3 is 5.32 Å². The Labute approximate surface area is 122 Å². The molecule has 0 aliphatic carbocycles. The molecule has 1 rings (SSSR count). The first-order valence-electron chi connectivity index (χ1n) is 6.07. The Hall–Kier alpha value is -0.880. The summed E-state index contributed by atoms with van der Waals surface area (Å²) >= 11 is 3.47. The van der Waals surface area contributed by atoms with Gasteiger partial charge in [-0.15, -0.1) is 0 Å². The second kappa shape index (κ2) is 7.05. The third kappa shape index (κ3) is 5.32. The number of carbonyl (C=O) groups is 1. The van der Waals surface area contributed by atoms with Crippen molar-refractivity contribution in [2.24, 2.45) is 0 Å². The maximum atomic E-state index is 11.9. The van der Waals surface area contributed by atoms with Crippen molar-refractivity contribution in [2.45, 2.75) is 29.5 Å². The average Bonchev–Trinajstić information content (AvgIpc) is 2.35. The van der Waals surface area contributed by atoms with E-state index in [0.29, 0.717) is 12.1 Å². The molecule has 1 unspecified atom stereocenters. The number of rotatable bonds is 6. The first kappa shape index (κ1) is 16.2. The second-order valence-corrected chi connectivity index (χ2v) is 7.71. The van der Waals surface area contributed by atoms with Crippen LogP contribution in [0.3, 0.4) is 0 Å². The fraction of sp³-hybridized carbons (Fsp3) is 0.462. The summed E-state index contributed by atoms with van der Waals surface area (Å²) in [6.07, 6.45) is 3.14. The van der Waals surface area contributed by atoms with Crippen LogP contribution in [0, 0.1) is 0 Å². The average molecular weight is 348 g/mol. The molecule has 0 saturated heterocycles. The third-order valence-corrected chi connectivity index (χ3v) is 4.50. The molecule has 19 heavy (non-hydrogen) atoms. The quantitative estimate of drug-likeness (QED) is 0.803. The van der Waals surface area contributed by atoms with Crippen molar-refractivity contribution in [3.63, 3.8) is 0 Å². The van der Waals surface area contributed by atoms with Crippen LogP contribution in [-0.2, 0) is 9.84 Å². The standard InChI is InChI=1S/C13H18BrNO3S/c1-3-5-11(14)9-15-13(16)10-6-4-7-12(8-10)19(2,17)18/h4,6-8,11H,3,5,9H2,1-2H3,(H,15,16). The molecule has 1 amide bonds. The Balaban J connectivity index is 2.73. The topological polar surface area (TPSA) is 63.2 Å². The molecular formula is C13H18BrNO3S. The van der Waals surface area contributed by atoms with Crippen LogP contribution in [0.5, 0.6) is 0 Å². The van der Waals surface area contributed by atoms with Gasteiger partial charge in [0.1, 0.15) is 0 Å². The van der Waals surface area contributed by atoms with Crippen LogP contribution < -0.4 is 5.32 Å². The lowest BCUT2D eigenvalue weighted by atomic mass is 10.2. The lowest BCUT2D eigenvalue weighted by molar-refractivity contribution is 0.0953. The number of halogens is 1. The lowest BCUT2D eigenvalue weighted by Crippen LogP contribution is -2.29. The Morgan fingerprint density at radius 2 is 2.11 bits per heavy atom. The minimum absolute atomic E-state index is 0.157. The molecule has 6 heteroatoms. The number of hydrogen-bond acceptors (Lipinski definition) is 3. The molecule has 106 valence electrons. The van der Waals surface area contributed by atoms with Gasteiger partial charge in [0, 0.05) is 23.2 Å². The highest BCUT2D eigenvalue weighted by Gasteiger charge is 2.12. The van der Waals surface area contributed by atoms with E-state index in [1.165, 1.54) is 12.1 Å². The first-order valence-corrected chi connectivity index (χ1v) is 8.87. The zero-order valence-corrected chi connectivity index (χ0v) is 13.4. The molecule has 0 heterocycles. The van der Waals surface area contributed by atoms with Gasteiger partial charge in [0.15, 0.2) is 9.84 Å². The summed E-state index contributed by atoms with van der Waals surface area (Å²) in [4.78, 5) is 12.3. The van der Waals surface area contributed by atoms with Crippen molar-refractivity contribution in [3.8, 4) is 0 Å². The highest BCUT2D eigenvalue weighted by Crippen LogP contribution is 2.12. The third-order valence-electron chi connectivity index (χ3n) is 2.61. The maximum Gasteiger partial charge on any atom is 0.251 e. The van der Waals surface area contributed by atoms with E-state index in [1.807, 2.05) is 0 Å². The smallest absolute Gasteiger partial charge is 0.251 e. The summed E-state index contributed by atoms with van der Waals surface area (Å²) in [7, 11) is -3.29. The molecule has 0 aromatic heterocycles. The van der Waals surface area contributed by atoms with E-state index in [-0.39, 0.29) is 15.6 Å². The summed E-state index contributed by atoms with van der Waals surface area (Å²) in [5.74, 6) is -0.258. The molecule has 0 bridgehead atoms. The molecule has 0 radical (unpaired) electrons. The molecule has 4 nitrogen and oxygen atoms in total. The number of nitrogens with one attached hydrogen (secondary N) is 1. The van der Waals surface area contributed by atoms with Crippen LogP contribution in [-0.4, -0.2) is 32.0 Å². The van der Waals surface area contributed by atoms with E-state index in [9.17, 15) is 13.2 Å². The summed E-state index contributed by atoms with van der Waals surface area (Å²) in [5.41, 5.74) is 0.360. The Kier molecular flexibility index (Phi) is 6.00. The zero-order valence-electron chi connectivity index (χ0n) is 11.0. The summed E-state index contributed by atoms with van der Waals surface area (Å²) in [6.45, 7) is 2.60. The van der Waals surface area contributed by atoms with Crippen LogP contribution in [0.25, 0.3) is 0 Å². The molecule has 0 saturated carbocycles. The van der Waals surface area contributed by atoms with Gasteiger partial charge >= 0.3 is 0 Å². The van der Waals surface area contributed by atoms with Gasteiger partial charge in [0.2, 0.25) is 0 Å². The molecule has 1 aromatic rings. The molecule has 0 spiro atoms. The van der Waals surface area contributed by atoms with Crippen LogP contribution in [0.2, 0.25) is 0 Å². The van der Waals surface area contributed by atoms with Gasteiger partial charge in [-0.25, -0.2) is 8.42 Å². The van der Waals surface area contributed by atoms with Crippen molar-refractivity contribution in [1.82, 2.24) is 5.32 Å². The molecule has 1 atom stereocenters. The summed E-state index contributed by atoms with van der Waals surface area (Å²) in [5, 5.41) is 2.78. The molecule has 0 fully saturated rings. The Morgan fingerprint density at radius 3 is 2.68 bits per heavy atom. The van der Waals surface area contributed by atoms with Crippen LogP contribution >= 0.6 is 15.9 Å². The monoisotopic (exact) mass is 347 g/mol. The number of benzene rings is 1. The minimum atomic E-state index is -3.29. The predicted molar refractivity (Wildman–Crippen MR) is 79.5 cm³/mol. The van der Waals surface area contributed by atoms with Crippen molar-refractivity contribution < 1.29 is 13.2 Å². The highest BCUT2D eigenvalue weighted by molar-refractivity contribution is 9.09. The Bertz CT molecular complexity index is 543. The van der Waals surface area contributed by atoms with Crippen LogP contribution in [0.4, 0.5) is 0 Å². The van der Waals surface area contributed by atoms with Gasteiger partial charge in [-0.3, -0.25) is 4.79 Å². The summed E-state index contributed by atoms with van der Waals surface area (Å²) in [6, 6.07) is 6.06. The van der Waals surface area contributed by atoms with Crippen molar-refractivity contribution in [1.29, 1.82) is 0 Å². The minimum Gasteiger partial charge on any atom is -0.351 e. The van der Waals surface area contributed by atoms with Crippen molar-refractivity contribution in [2.75, 3.05) is 12.8 Å². The first-order chi connectivity index (χ1) is 8.84. The molecule has 0 aliphatic heterocycles. The fourth-order valence-electron chi connectivity index (χ4n) is 1.59. The number of carbonyl (C=O) groups excluding carboxylic acids is 1. The van der Waals surface area contributed by atoms with Crippen molar-refractivity contribution in [3.05, 3.63) is 29.8 Å². The maximum absolute atomic E-state index is 11.9. The second-order valence-electron chi connectivity index (χ2n) is 4.40. The zero-order chi connectivity index (χ0) is 14.5. The molecule has 1 N–H and O–H groups in total. The van der Waals surface area contributed by atoms with Gasteiger partial charge in [-0.2, -0.15) is 0 Å². The van der Waals surface area contributed by atoms with Gasteiger partial charge in [-0.05, 0) is 24.6 Å².